The van der Waals surface area contributed by atoms with Crippen LogP contribution in [0.5, 0.6) is 0 Å². The number of nitrogens with one attached hydrogen (secondary N) is 1. The molecule has 0 radical (unpaired) electrons. The van der Waals surface area contributed by atoms with E-state index in [1.54, 1.807) is 12.1 Å². The number of piperazine rings is 1. The fourth-order valence-corrected chi connectivity index (χ4v) is 4.06. The van der Waals surface area contributed by atoms with Crippen LogP contribution in [0, 0.1) is 10.1 Å². The smallest absolute Gasteiger partial charge is 0.274 e. The standard InChI is InChI=1S/C17H24N4O3/c18-16(22)13-4-5-14(15(10-13)21(23)24)11-20-9-8-19-12-17(20)6-2-1-3-7-17/h4-5,10,19H,1-3,6-9,11-12H2,(H2,18,22). The molecule has 1 amide bonds. The van der Waals surface area contributed by atoms with Crippen LogP contribution in [0.4, 0.5) is 5.69 Å². The van der Waals surface area contributed by atoms with Crippen LogP contribution in [0.2, 0.25) is 0 Å². The number of carbonyl (C=O) groups is 1. The van der Waals surface area contributed by atoms with Gasteiger partial charge in [-0.25, -0.2) is 0 Å². The number of hydrogen-bond donors (Lipinski definition) is 2. The molecule has 0 unspecified atom stereocenters. The summed E-state index contributed by atoms with van der Waals surface area (Å²) in [6.45, 7) is 3.26. The lowest BCUT2D eigenvalue weighted by atomic mass is 9.79. The topological polar surface area (TPSA) is 102 Å². The van der Waals surface area contributed by atoms with Gasteiger partial charge in [-0.15, -0.1) is 0 Å². The maximum Gasteiger partial charge on any atom is 0.274 e. The van der Waals surface area contributed by atoms with E-state index in [0.29, 0.717) is 12.1 Å². The van der Waals surface area contributed by atoms with Crippen molar-refractivity contribution in [1.29, 1.82) is 0 Å². The van der Waals surface area contributed by atoms with Crippen molar-refractivity contribution in [2.75, 3.05) is 19.6 Å². The largest absolute Gasteiger partial charge is 0.366 e. The molecule has 1 aromatic rings. The summed E-state index contributed by atoms with van der Waals surface area (Å²) in [5.41, 5.74) is 6.16. The van der Waals surface area contributed by atoms with E-state index in [2.05, 4.69) is 10.2 Å². The highest BCUT2D eigenvalue weighted by atomic mass is 16.6. The molecule has 7 nitrogen and oxygen atoms in total. The zero-order chi connectivity index (χ0) is 17.2. The van der Waals surface area contributed by atoms with Crippen molar-refractivity contribution in [1.82, 2.24) is 10.2 Å². The van der Waals surface area contributed by atoms with E-state index in [1.807, 2.05) is 0 Å². The molecule has 1 saturated heterocycles. The van der Waals surface area contributed by atoms with Crippen molar-refractivity contribution >= 4 is 11.6 Å². The molecule has 1 aliphatic heterocycles. The van der Waals surface area contributed by atoms with Gasteiger partial charge in [-0.1, -0.05) is 25.3 Å². The number of carbonyl (C=O) groups excluding carboxylic acids is 1. The molecular weight excluding hydrogens is 308 g/mol. The minimum atomic E-state index is -0.643. The monoisotopic (exact) mass is 332 g/mol. The van der Waals surface area contributed by atoms with Gasteiger partial charge in [0.05, 0.1) is 4.92 Å². The van der Waals surface area contributed by atoms with Crippen LogP contribution in [-0.4, -0.2) is 40.9 Å². The van der Waals surface area contributed by atoms with E-state index in [-0.39, 0.29) is 16.8 Å². The Labute approximate surface area is 141 Å². The number of rotatable bonds is 4. The van der Waals surface area contributed by atoms with Crippen LogP contribution in [0.15, 0.2) is 18.2 Å². The number of primary amides is 1. The van der Waals surface area contributed by atoms with E-state index in [0.717, 1.165) is 32.5 Å². The Balaban J connectivity index is 1.88. The molecule has 3 rings (SSSR count). The third-order valence-corrected chi connectivity index (χ3v) is 5.40. The highest BCUT2D eigenvalue weighted by Gasteiger charge is 2.40. The molecule has 0 atom stereocenters. The van der Waals surface area contributed by atoms with Crippen LogP contribution in [0.1, 0.15) is 48.0 Å². The summed E-state index contributed by atoms with van der Waals surface area (Å²) < 4.78 is 0. The van der Waals surface area contributed by atoms with Gasteiger partial charge in [0.2, 0.25) is 5.91 Å². The van der Waals surface area contributed by atoms with E-state index < -0.39 is 10.8 Å². The maximum absolute atomic E-state index is 11.4. The summed E-state index contributed by atoms with van der Waals surface area (Å²) in [6.07, 6.45) is 5.95. The number of nitro benzene ring substituents is 1. The Morgan fingerprint density at radius 1 is 1.33 bits per heavy atom. The molecule has 2 aliphatic rings. The number of hydrogen-bond acceptors (Lipinski definition) is 5. The first-order chi connectivity index (χ1) is 11.5. The summed E-state index contributed by atoms with van der Waals surface area (Å²) in [6, 6.07) is 4.56. The van der Waals surface area contributed by atoms with Crippen molar-refractivity contribution in [3.63, 3.8) is 0 Å². The predicted octanol–water partition coefficient (Wildman–Crippen LogP) is 1.80. The molecule has 1 saturated carbocycles. The molecular formula is C17H24N4O3. The van der Waals surface area contributed by atoms with Gasteiger partial charge < -0.3 is 11.1 Å². The maximum atomic E-state index is 11.4. The minimum absolute atomic E-state index is 0.0178. The van der Waals surface area contributed by atoms with Gasteiger partial charge >= 0.3 is 0 Å². The molecule has 1 spiro atoms. The summed E-state index contributed by atoms with van der Waals surface area (Å²) in [4.78, 5) is 24.7. The first-order valence-electron chi connectivity index (χ1n) is 8.55. The molecule has 2 fully saturated rings. The minimum Gasteiger partial charge on any atom is -0.366 e. The average molecular weight is 332 g/mol. The molecule has 0 aromatic heterocycles. The average Bonchev–Trinajstić information content (AvgIpc) is 2.58. The van der Waals surface area contributed by atoms with Crippen LogP contribution < -0.4 is 11.1 Å². The molecule has 1 aromatic carbocycles. The molecule has 7 heteroatoms. The van der Waals surface area contributed by atoms with Crippen molar-refractivity contribution in [2.45, 2.75) is 44.2 Å². The molecule has 24 heavy (non-hydrogen) atoms. The van der Waals surface area contributed by atoms with Gasteiger partial charge in [0.1, 0.15) is 0 Å². The van der Waals surface area contributed by atoms with Crippen LogP contribution in [-0.2, 0) is 6.54 Å². The summed E-state index contributed by atoms with van der Waals surface area (Å²) in [5, 5.41) is 14.9. The summed E-state index contributed by atoms with van der Waals surface area (Å²) in [7, 11) is 0. The third-order valence-electron chi connectivity index (χ3n) is 5.40. The van der Waals surface area contributed by atoms with Crippen molar-refractivity contribution in [3.8, 4) is 0 Å². The number of nitro groups is 1. The lowest BCUT2D eigenvalue weighted by molar-refractivity contribution is -0.385. The first kappa shape index (κ1) is 16.9. The molecule has 1 heterocycles. The van der Waals surface area contributed by atoms with E-state index in [9.17, 15) is 14.9 Å². The second kappa shape index (κ2) is 6.86. The lowest BCUT2D eigenvalue weighted by Gasteiger charge is -2.50. The Hall–Kier alpha value is -1.99. The second-order valence-corrected chi connectivity index (χ2v) is 6.85. The highest BCUT2D eigenvalue weighted by Crippen LogP contribution is 2.36. The fourth-order valence-electron chi connectivity index (χ4n) is 4.06. The second-order valence-electron chi connectivity index (χ2n) is 6.85. The van der Waals surface area contributed by atoms with Crippen molar-refractivity contribution in [2.24, 2.45) is 5.73 Å². The zero-order valence-electron chi connectivity index (χ0n) is 13.8. The molecule has 1 aliphatic carbocycles. The van der Waals surface area contributed by atoms with E-state index >= 15 is 0 Å². The van der Waals surface area contributed by atoms with Crippen LogP contribution >= 0.6 is 0 Å². The third kappa shape index (κ3) is 3.27. The normalized spacial score (nSPS) is 20.8. The first-order valence-corrected chi connectivity index (χ1v) is 8.55. The van der Waals surface area contributed by atoms with Gasteiger partial charge in [0.15, 0.2) is 0 Å². The van der Waals surface area contributed by atoms with E-state index in [1.165, 1.54) is 25.3 Å². The molecule has 0 bridgehead atoms. The van der Waals surface area contributed by atoms with Gasteiger partial charge in [0, 0.05) is 48.9 Å². The van der Waals surface area contributed by atoms with E-state index in [4.69, 9.17) is 5.73 Å². The highest BCUT2D eigenvalue weighted by molar-refractivity contribution is 5.93. The van der Waals surface area contributed by atoms with Gasteiger partial charge in [-0.05, 0) is 18.9 Å². The number of nitrogens with two attached hydrogens (primary N) is 1. The summed E-state index contributed by atoms with van der Waals surface area (Å²) in [5.74, 6) is -0.643. The molecule has 3 N–H and O–H groups in total. The van der Waals surface area contributed by atoms with Crippen molar-refractivity contribution in [3.05, 3.63) is 39.4 Å². The fraction of sp³-hybridized carbons (Fsp3) is 0.588. The van der Waals surface area contributed by atoms with Crippen LogP contribution in [0.3, 0.4) is 0 Å². The summed E-state index contributed by atoms with van der Waals surface area (Å²) >= 11 is 0. The SMILES string of the molecule is NC(=O)c1ccc(CN2CCNCC23CCCCC3)c([N+](=O)[O-])c1. The van der Waals surface area contributed by atoms with Crippen molar-refractivity contribution < 1.29 is 9.72 Å². The number of nitrogens with zero attached hydrogens (tertiary/aromatic N) is 2. The van der Waals surface area contributed by atoms with Crippen LogP contribution in [0.25, 0.3) is 0 Å². The number of amides is 1. The van der Waals surface area contributed by atoms with Gasteiger partial charge in [-0.3, -0.25) is 19.8 Å². The van der Waals surface area contributed by atoms with Gasteiger partial charge in [-0.2, -0.15) is 0 Å². The quantitative estimate of drug-likeness (QED) is 0.647. The lowest BCUT2D eigenvalue weighted by Crippen LogP contribution is -2.61. The Morgan fingerprint density at radius 2 is 2.08 bits per heavy atom. The Kier molecular flexibility index (Phi) is 4.82. The number of benzene rings is 1. The Morgan fingerprint density at radius 3 is 2.75 bits per heavy atom. The molecule has 130 valence electrons. The van der Waals surface area contributed by atoms with Gasteiger partial charge in [0.25, 0.3) is 5.69 Å². The zero-order valence-corrected chi connectivity index (χ0v) is 13.8. The Bertz CT molecular complexity index is 632. The predicted molar refractivity (Wildman–Crippen MR) is 90.7 cm³/mol.